The first-order valence-corrected chi connectivity index (χ1v) is 5.96. The first-order valence-electron chi connectivity index (χ1n) is 5.58. The molecule has 3 atom stereocenters. The van der Waals surface area contributed by atoms with Gasteiger partial charge in [-0.3, -0.25) is 4.79 Å². The summed E-state index contributed by atoms with van der Waals surface area (Å²) in [6, 6.07) is 2.44. The highest BCUT2D eigenvalue weighted by Gasteiger charge is 2.33. The van der Waals surface area contributed by atoms with Crippen molar-refractivity contribution in [3.05, 3.63) is 23.1 Å². The van der Waals surface area contributed by atoms with E-state index in [4.69, 9.17) is 25.9 Å². The smallest absolute Gasteiger partial charge is 0.287 e. The Bertz CT molecular complexity index is 421. The lowest BCUT2D eigenvalue weighted by Crippen LogP contribution is -2.54. The molecule has 0 aliphatic carbocycles. The molecular weight excluding hydrogens is 262 g/mol. The maximum absolute atomic E-state index is 11.8. The standard InChI is InChI=1S/C11H14ClNO5/c12-9-2-1-7(18-9)11(16)13-6-3-4-17-8(5-14)10(6)15/h1-2,6,8,10,14-15H,3-5H2,(H,13,16)/t6-,8+,10-/m0/s1. The SMILES string of the molecule is O=C(N[C@H]1CCO[C@H](CO)[C@H]1O)c1ccc(Cl)o1. The zero-order chi connectivity index (χ0) is 13.1. The van der Waals surface area contributed by atoms with Crippen LogP contribution < -0.4 is 5.32 Å². The Kier molecular flexibility index (Phi) is 4.23. The number of hydrogen-bond donors (Lipinski definition) is 3. The molecule has 0 radical (unpaired) electrons. The van der Waals surface area contributed by atoms with E-state index < -0.39 is 24.2 Å². The molecular formula is C11H14ClNO5. The molecule has 0 aromatic carbocycles. The molecule has 18 heavy (non-hydrogen) atoms. The summed E-state index contributed by atoms with van der Waals surface area (Å²) < 4.78 is 10.1. The number of aliphatic hydroxyl groups is 2. The van der Waals surface area contributed by atoms with E-state index in [-0.39, 0.29) is 17.6 Å². The Hall–Kier alpha value is -1.08. The van der Waals surface area contributed by atoms with Gasteiger partial charge >= 0.3 is 0 Å². The van der Waals surface area contributed by atoms with Gasteiger partial charge in [0.05, 0.1) is 12.6 Å². The third-order valence-corrected chi connectivity index (χ3v) is 3.05. The molecule has 1 aliphatic heterocycles. The first-order chi connectivity index (χ1) is 8.61. The zero-order valence-corrected chi connectivity index (χ0v) is 10.3. The van der Waals surface area contributed by atoms with Gasteiger partial charge in [-0.1, -0.05) is 0 Å². The number of carbonyl (C=O) groups excluding carboxylic acids is 1. The molecule has 3 N–H and O–H groups in total. The average molecular weight is 276 g/mol. The summed E-state index contributed by atoms with van der Waals surface area (Å²) in [4.78, 5) is 11.8. The molecule has 0 bridgehead atoms. The van der Waals surface area contributed by atoms with E-state index in [2.05, 4.69) is 5.32 Å². The van der Waals surface area contributed by atoms with Crippen LogP contribution in [0.4, 0.5) is 0 Å². The highest BCUT2D eigenvalue weighted by atomic mass is 35.5. The van der Waals surface area contributed by atoms with Crippen molar-refractivity contribution in [1.29, 1.82) is 0 Å². The fourth-order valence-electron chi connectivity index (χ4n) is 1.87. The Balaban J connectivity index is 1.98. The fourth-order valence-corrected chi connectivity index (χ4v) is 2.02. The number of aliphatic hydroxyl groups excluding tert-OH is 2. The summed E-state index contributed by atoms with van der Waals surface area (Å²) >= 11 is 5.57. The quantitative estimate of drug-likeness (QED) is 0.732. The summed E-state index contributed by atoms with van der Waals surface area (Å²) in [7, 11) is 0. The van der Waals surface area contributed by atoms with Crippen LogP contribution in [-0.4, -0.2) is 47.6 Å². The molecule has 6 nitrogen and oxygen atoms in total. The largest absolute Gasteiger partial charge is 0.440 e. The predicted octanol–water partition coefficient (Wildman–Crippen LogP) is 0.174. The summed E-state index contributed by atoms with van der Waals surface area (Å²) in [5.74, 6) is -0.371. The highest BCUT2D eigenvalue weighted by molar-refractivity contribution is 6.29. The van der Waals surface area contributed by atoms with Crippen LogP contribution in [0.2, 0.25) is 5.22 Å². The molecule has 1 aromatic heterocycles. The molecule has 2 rings (SSSR count). The normalized spacial score (nSPS) is 28.1. The van der Waals surface area contributed by atoms with Crippen LogP contribution in [0.5, 0.6) is 0 Å². The summed E-state index contributed by atoms with van der Waals surface area (Å²) in [6.07, 6.45) is -1.15. The molecule has 1 saturated heterocycles. The van der Waals surface area contributed by atoms with Crippen LogP contribution >= 0.6 is 11.6 Å². The number of nitrogens with one attached hydrogen (secondary N) is 1. The van der Waals surface area contributed by atoms with Crippen LogP contribution in [0.1, 0.15) is 17.0 Å². The number of furan rings is 1. The minimum atomic E-state index is -0.946. The Morgan fingerprint density at radius 1 is 1.56 bits per heavy atom. The molecule has 0 unspecified atom stereocenters. The van der Waals surface area contributed by atoms with Crippen LogP contribution in [0.15, 0.2) is 16.5 Å². The second-order valence-electron chi connectivity index (χ2n) is 4.05. The zero-order valence-electron chi connectivity index (χ0n) is 9.51. The van der Waals surface area contributed by atoms with Crippen LogP contribution in [-0.2, 0) is 4.74 Å². The van der Waals surface area contributed by atoms with E-state index in [1.165, 1.54) is 12.1 Å². The van der Waals surface area contributed by atoms with E-state index in [1.54, 1.807) is 0 Å². The van der Waals surface area contributed by atoms with Crippen LogP contribution in [0.3, 0.4) is 0 Å². The van der Waals surface area contributed by atoms with Gasteiger partial charge in [-0.05, 0) is 30.2 Å². The number of rotatable bonds is 3. The van der Waals surface area contributed by atoms with Gasteiger partial charge in [0.2, 0.25) is 0 Å². The third kappa shape index (κ3) is 2.84. The highest BCUT2D eigenvalue weighted by Crippen LogP contribution is 2.17. The van der Waals surface area contributed by atoms with Crippen LogP contribution in [0.25, 0.3) is 0 Å². The third-order valence-electron chi connectivity index (χ3n) is 2.85. The minimum absolute atomic E-state index is 0.0826. The lowest BCUT2D eigenvalue weighted by atomic mass is 10.00. The predicted molar refractivity (Wildman–Crippen MR) is 62.4 cm³/mol. The summed E-state index contributed by atoms with van der Waals surface area (Å²) in [5.41, 5.74) is 0. The molecule has 1 aromatic rings. The number of amides is 1. The topological polar surface area (TPSA) is 91.9 Å². The van der Waals surface area contributed by atoms with Crippen LogP contribution in [0, 0.1) is 0 Å². The van der Waals surface area contributed by atoms with Gasteiger partial charge in [0.1, 0.15) is 12.2 Å². The van der Waals surface area contributed by atoms with Gasteiger partial charge in [-0.15, -0.1) is 0 Å². The van der Waals surface area contributed by atoms with Crippen molar-refractivity contribution < 1.29 is 24.2 Å². The second kappa shape index (κ2) is 5.71. The van der Waals surface area contributed by atoms with Crippen molar-refractivity contribution in [1.82, 2.24) is 5.32 Å². The van der Waals surface area contributed by atoms with Gasteiger partial charge in [-0.25, -0.2) is 0 Å². The summed E-state index contributed by atoms with van der Waals surface area (Å²) in [5, 5.41) is 21.6. The minimum Gasteiger partial charge on any atom is -0.440 e. The number of carbonyl (C=O) groups is 1. The maximum Gasteiger partial charge on any atom is 0.287 e. The molecule has 0 saturated carbocycles. The molecule has 2 heterocycles. The Morgan fingerprint density at radius 3 is 2.94 bits per heavy atom. The number of ether oxygens (including phenoxy) is 1. The van der Waals surface area contributed by atoms with Gasteiger partial charge in [0.25, 0.3) is 5.91 Å². The molecule has 100 valence electrons. The molecule has 0 spiro atoms. The molecule has 7 heteroatoms. The average Bonchev–Trinajstić information content (AvgIpc) is 2.78. The van der Waals surface area contributed by atoms with Crippen molar-refractivity contribution in [3.63, 3.8) is 0 Å². The van der Waals surface area contributed by atoms with Gasteiger partial charge < -0.3 is 24.7 Å². The van der Waals surface area contributed by atoms with Crippen molar-refractivity contribution >= 4 is 17.5 Å². The lowest BCUT2D eigenvalue weighted by Gasteiger charge is -2.34. The Morgan fingerprint density at radius 2 is 2.33 bits per heavy atom. The van der Waals surface area contributed by atoms with E-state index in [0.717, 1.165) is 0 Å². The molecule has 1 aliphatic rings. The van der Waals surface area contributed by atoms with E-state index in [1.807, 2.05) is 0 Å². The maximum atomic E-state index is 11.8. The monoisotopic (exact) mass is 275 g/mol. The number of halogens is 1. The van der Waals surface area contributed by atoms with Crippen molar-refractivity contribution in [2.45, 2.75) is 24.7 Å². The number of hydrogen-bond acceptors (Lipinski definition) is 5. The summed E-state index contributed by atoms with van der Waals surface area (Å²) in [6.45, 7) is 0.0757. The van der Waals surface area contributed by atoms with E-state index in [0.29, 0.717) is 13.0 Å². The van der Waals surface area contributed by atoms with Gasteiger partial charge in [0.15, 0.2) is 11.0 Å². The molecule has 1 fully saturated rings. The van der Waals surface area contributed by atoms with Gasteiger partial charge in [-0.2, -0.15) is 0 Å². The van der Waals surface area contributed by atoms with E-state index in [9.17, 15) is 9.90 Å². The lowest BCUT2D eigenvalue weighted by molar-refractivity contribution is -0.107. The molecule has 1 amide bonds. The second-order valence-corrected chi connectivity index (χ2v) is 4.43. The van der Waals surface area contributed by atoms with Gasteiger partial charge in [0, 0.05) is 6.61 Å². The van der Waals surface area contributed by atoms with Crippen molar-refractivity contribution in [2.75, 3.05) is 13.2 Å². The van der Waals surface area contributed by atoms with E-state index >= 15 is 0 Å². The fraction of sp³-hybridized carbons (Fsp3) is 0.545. The Labute approximate surface area is 108 Å². The van der Waals surface area contributed by atoms with Crippen molar-refractivity contribution in [2.24, 2.45) is 0 Å². The first kappa shape index (κ1) is 13.4. The van der Waals surface area contributed by atoms with Crippen molar-refractivity contribution in [3.8, 4) is 0 Å².